The Balaban J connectivity index is 1.63. The summed E-state index contributed by atoms with van der Waals surface area (Å²) in [4.78, 5) is 4.13. The molecule has 2 aromatic heterocycles. The number of aryl methyl sites for hydroxylation is 1. The van der Waals surface area contributed by atoms with Crippen molar-refractivity contribution in [3.05, 3.63) is 53.4 Å². The minimum absolute atomic E-state index is 0.00590. The highest BCUT2D eigenvalue weighted by atomic mass is 32.2. The molecule has 1 saturated heterocycles. The van der Waals surface area contributed by atoms with Gasteiger partial charge in [-0.05, 0) is 32.9 Å². The van der Waals surface area contributed by atoms with Gasteiger partial charge in [0.25, 0.3) is 0 Å². The number of hydrogen-bond donors (Lipinski definition) is 1. The SMILES string of the molecule is Cc1cc(Cn2c(C(C)NS(C)(=O)=O)nnc2N2CCN(c3ccccc3F)CC2C)no1. The molecule has 1 N–H and O–H groups in total. The third kappa shape index (κ3) is 5.17. The van der Waals surface area contributed by atoms with Crippen LogP contribution in [0.5, 0.6) is 0 Å². The fourth-order valence-electron chi connectivity index (χ4n) is 4.20. The fraction of sp³-hybridized carbons (Fsp3) is 0.476. The second-order valence-corrected chi connectivity index (χ2v) is 10.2. The van der Waals surface area contributed by atoms with E-state index in [-0.39, 0.29) is 11.9 Å². The van der Waals surface area contributed by atoms with Gasteiger partial charge < -0.3 is 14.3 Å². The van der Waals surface area contributed by atoms with Crippen LogP contribution < -0.4 is 14.5 Å². The number of hydrogen-bond acceptors (Lipinski definition) is 8. The number of para-hydroxylation sites is 1. The first-order chi connectivity index (χ1) is 15.6. The van der Waals surface area contributed by atoms with Crippen molar-refractivity contribution in [1.82, 2.24) is 24.6 Å². The van der Waals surface area contributed by atoms with Gasteiger partial charge in [0.1, 0.15) is 17.3 Å². The summed E-state index contributed by atoms with van der Waals surface area (Å²) in [6.07, 6.45) is 1.11. The number of halogens is 1. The maximum absolute atomic E-state index is 14.3. The van der Waals surface area contributed by atoms with E-state index >= 15 is 0 Å². The molecule has 3 heterocycles. The second-order valence-electron chi connectivity index (χ2n) is 8.42. The van der Waals surface area contributed by atoms with Gasteiger partial charge in [0.05, 0.1) is 24.5 Å². The van der Waals surface area contributed by atoms with Crippen molar-refractivity contribution in [3.63, 3.8) is 0 Å². The van der Waals surface area contributed by atoms with Gasteiger partial charge in [-0.3, -0.25) is 4.57 Å². The Hall–Kier alpha value is -2.99. The smallest absolute Gasteiger partial charge is 0.228 e. The van der Waals surface area contributed by atoms with Crippen LogP contribution in [-0.4, -0.2) is 60.3 Å². The van der Waals surface area contributed by atoms with E-state index in [2.05, 4.69) is 25.0 Å². The number of benzene rings is 1. The molecule has 0 amide bonds. The van der Waals surface area contributed by atoms with Crippen molar-refractivity contribution in [2.24, 2.45) is 0 Å². The molecule has 10 nitrogen and oxygen atoms in total. The van der Waals surface area contributed by atoms with E-state index in [0.717, 1.165) is 6.26 Å². The molecule has 1 aliphatic rings. The summed E-state index contributed by atoms with van der Waals surface area (Å²) in [5.41, 5.74) is 1.26. The number of rotatable bonds is 7. The lowest BCUT2D eigenvalue weighted by Crippen LogP contribution is -2.53. The molecular weight excluding hydrogens is 449 g/mol. The highest BCUT2D eigenvalue weighted by Crippen LogP contribution is 2.27. The Morgan fingerprint density at radius 3 is 2.67 bits per heavy atom. The van der Waals surface area contributed by atoms with Gasteiger partial charge in [-0.1, -0.05) is 17.3 Å². The van der Waals surface area contributed by atoms with E-state index in [1.54, 1.807) is 19.1 Å². The minimum atomic E-state index is -3.45. The average Bonchev–Trinajstić information content (AvgIpc) is 3.33. The minimum Gasteiger partial charge on any atom is -0.365 e. The average molecular weight is 478 g/mol. The van der Waals surface area contributed by atoms with Crippen molar-refractivity contribution < 1.29 is 17.3 Å². The zero-order chi connectivity index (χ0) is 23.8. The standard InChI is InChI=1S/C21H28FN7O3S/c1-14-12-27(19-8-6-5-7-18(19)22)9-10-28(14)21-24-23-20(16(3)26-33(4,30)31)29(21)13-17-11-15(2)32-25-17/h5-8,11,14,16,26H,9-10,12-13H2,1-4H3. The molecule has 1 fully saturated rings. The maximum atomic E-state index is 14.3. The predicted octanol–water partition coefficient (Wildman–Crippen LogP) is 2.09. The first-order valence-corrected chi connectivity index (χ1v) is 12.6. The number of nitrogens with zero attached hydrogens (tertiary/aromatic N) is 6. The van der Waals surface area contributed by atoms with E-state index in [4.69, 9.17) is 4.52 Å². The molecule has 0 spiro atoms. The summed E-state index contributed by atoms with van der Waals surface area (Å²) in [5.74, 6) is 1.51. The van der Waals surface area contributed by atoms with Crippen LogP contribution >= 0.6 is 0 Å². The van der Waals surface area contributed by atoms with Crippen LogP contribution in [-0.2, 0) is 16.6 Å². The lowest BCUT2D eigenvalue weighted by molar-refractivity contribution is 0.388. The Morgan fingerprint density at radius 2 is 2.03 bits per heavy atom. The number of anilines is 2. The number of aromatic nitrogens is 4. The Kier molecular flexibility index (Phi) is 6.39. The normalized spacial score (nSPS) is 18.0. The van der Waals surface area contributed by atoms with E-state index in [1.165, 1.54) is 6.07 Å². The van der Waals surface area contributed by atoms with Crippen LogP contribution in [0.15, 0.2) is 34.9 Å². The summed E-state index contributed by atoms with van der Waals surface area (Å²) in [6.45, 7) is 7.70. The quantitative estimate of drug-likeness (QED) is 0.551. The van der Waals surface area contributed by atoms with E-state index in [9.17, 15) is 12.8 Å². The molecule has 0 radical (unpaired) electrons. The summed E-state index contributed by atoms with van der Waals surface area (Å²) < 4.78 is 47.5. The number of nitrogens with one attached hydrogen (secondary N) is 1. The molecule has 4 rings (SSSR count). The van der Waals surface area contributed by atoms with Crippen molar-refractivity contribution in [1.29, 1.82) is 0 Å². The van der Waals surface area contributed by atoms with Crippen molar-refractivity contribution in [2.45, 2.75) is 39.4 Å². The van der Waals surface area contributed by atoms with Gasteiger partial charge in [0.2, 0.25) is 16.0 Å². The summed E-state index contributed by atoms with van der Waals surface area (Å²) in [7, 11) is -3.45. The van der Waals surface area contributed by atoms with Crippen molar-refractivity contribution in [3.8, 4) is 0 Å². The molecule has 1 aromatic carbocycles. The molecule has 33 heavy (non-hydrogen) atoms. The van der Waals surface area contributed by atoms with Crippen LogP contribution in [0.1, 0.15) is 37.2 Å². The van der Waals surface area contributed by atoms with Crippen LogP contribution in [0.25, 0.3) is 0 Å². The van der Waals surface area contributed by atoms with Crippen LogP contribution in [0, 0.1) is 12.7 Å². The van der Waals surface area contributed by atoms with Gasteiger partial charge in [-0.15, -0.1) is 10.2 Å². The molecule has 178 valence electrons. The molecular formula is C21H28FN7O3S. The topological polar surface area (TPSA) is 109 Å². The zero-order valence-electron chi connectivity index (χ0n) is 19.1. The highest BCUT2D eigenvalue weighted by Gasteiger charge is 2.31. The van der Waals surface area contributed by atoms with Gasteiger partial charge in [-0.25, -0.2) is 17.5 Å². The lowest BCUT2D eigenvalue weighted by atomic mass is 10.1. The summed E-state index contributed by atoms with van der Waals surface area (Å²) in [5, 5.41) is 12.8. The van der Waals surface area contributed by atoms with Crippen LogP contribution in [0.2, 0.25) is 0 Å². The molecule has 0 aliphatic carbocycles. The third-order valence-corrected chi connectivity index (χ3v) is 6.39. The Morgan fingerprint density at radius 1 is 1.27 bits per heavy atom. The van der Waals surface area contributed by atoms with E-state index < -0.39 is 16.1 Å². The molecule has 3 aromatic rings. The predicted molar refractivity (Wildman–Crippen MR) is 122 cm³/mol. The second kappa shape index (κ2) is 9.10. The van der Waals surface area contributed by atoms with Crippen molar-refractivity contribution in [2.75, 3.05) is 35.7 Å². The number of piperazine rings is 1. The van der Waals surface area contributed by atoms with Crippen LogP contribution in [0.4, 0.5) is 16.0 Å². The maximum Gasteiger partial charge on any atom is 0.228 e. The Labute approximate surface area is 192 Å². The van der Waals surface area contributed by atoms with Gasteiger partial charge >= 0.3 is 0 Å². The van der Waals surface area contributed by atoms with E-state index in [0.29, 0.717) is 55.1 Å². The van der Waals surface area contributed by atoms with Gasteiger partial charge in [-0.2, -0.15) is 0 Å². The summed E-state index contributed by atoms with van der Waals surface area (Å²) in [6, 6.07) is 7.99. The molecule has 12 heteroatoms. The molecule has 2 unspecified atom stereocenters. The van der Waals surface area contributed by atoms with Crippen molar-refractivity contribution >= 4 is 21.7 Å². The van der Waals surface area contributed by atoms with Gasteiger partial charge in [0.15, 0.2) is 5.82 Å². The van der Waals surface area contributed by atoms with Crippen LogP contribution in [0.3, 0.4) is 0 Å². The molecule has 0 saturated carbocycles. The largest absolute Gasteiger partial charge is 0.365 e. The van der Waals surface area contributed by atoms with E-state index in [1.807, 2.05) is 35.4 Å². The third-order valence-electron chi connectivity index (χ3n) is 5.61. The first-order valence-electron chi connectivity index (χ1n) is 10.7. The summed E-state index contributed by atoms with van der Waals surface area (Å²) >= 11 is 0. The fourth-order valence-corrected chi connectivity index (χ4v) is 4.95. The Bertz CT molecular complexity index is 1230. The number of sulfonamides is 1. The van der Waals surface area contributed by atoms with Gasteiger partial charge in [0, 0.05) is 31.7 Å². The monoisotopic (exact) mass is 477 g/mol. The first kappa shape index (κ1) is 23.2. The lowest BCUT2D eigenvalue weighted by Gasteiger charge is -2.41. The zero-order valence-corrected chi connectivity index (χ0v) is 19.9. The molecule has 0 bridgehead atoms. The highest BCUT2D eigenvalue weighted by molar-refractivity contribution is 7.88. The molecule has 2 atom stereocenters. The molecule has 1 aliphatic heterocycles.